The van der Waals surface area contributed by atoms with E-state index in [2.05, 4.69) is 0 Å². The third-order valence-electron chi connectivity index (χ3n) is 5.36. The molecule has 0 unspecified atom stereocenters. The number of benzene rings is 1. The highest BCUT2D eigenvalue weighted by Crippen LogP contribution is 2.43. The summed E-state index contributed by atoms with van der Waals surface area (Å²) in [6, 6.07) is 7.98. The molecule has 4 rings (SSSR count). The van der Waals surface area contributed by atoms with Crippen molar-refractivity contribution >= 4 is 32.9 Å². The lowest BCUT2D eigenvalue weighted by molar-refractivity contribution is 0.0329. The summed E-state index contributed by atoms with van der Waals surface area (Å²) in [6.45, 7) is 3.91. The first-order valence-electron chi connectivity index (χ1n) is 9.22. The minimum Gasteiger partial charge on any atom is -0.457 e. The van der Waals surface area contributed by atoms with Crippen molar-refractivity contribution in [3.05, 3.63) is 51.4 Å². The Morgan fingerprint density at radius 2 is 1.75 bits per heavy atom. The van der Waals surface area contributed by atoms with Gasteiger partial charge < -0.3 is 4.74 Å². The zero-order chi connectivity index (χ0) is 20.3. The molecule has 0 fully saturated rings. The SMILES string of the molecule is CC1(C)CC(=O)c2c(S(C)(=O)=O)sc(C(=O)OC3Cc4ccccc4C3)c2C1. The van der Waals surface area contributed by atoms with Gasteiger partial charge in [0.2, 0.25) is 0 Å². The molecular weight excluding hydrogens is 396 g/mol. The summed E-state index contributed by atoms with van der Waals surface area (Å²) in [7, 11) is -3.61. The van der Waals surface area contributed by atoms with Crippen molar-refractivity contribution in [2.75, 3.05) is 6.26 Å². The molecule has 148 valence electrons. The van der Waals surface area contributed by atoms with E-state index in [4.69, 9.17) is 4.74 Å². The summed E-state index contributed by atoms with van der Waals surface area (Å²) >= 11 is 0.879. The fourth-order valence-electron chi connectivity index (χ4n) is 4.19. The van der Waals surface area contributed by atoms with E-state index in [1.807, 2.05) is 38.1 Å². The number of esters is 1. The monoisotopic (exact) mass is 418 g/mol. The van der Waals surface area contributed by atoms with E-state index >= 15 is 0 Å². The second-order valence-corrected chi connectivity index (χ2v) is 11.7. The summed E-state index contributed by atoms with van der Waals surface area (Å²) in [5.41, 5.74) is 2.75. The van der Waals surface area contributed by atoms with Crippen LogP contribution in [0.15, 0.2) is 28.5 Å². The lowest BCUT2D eigenvalue weighted by Gasteiger charge is -2.29. The summed E-state index contributed by atoms with van der Waals surface area (Å²) in [6.07, 6.45) is 2.87. The highest BCUT2D eigenvalue weighted by Gasteiger charge is 2.40. The Morgan fingerprint density at radius 1 is 1.14 bits per heavy atom. The Kier molecular flexibility index (Phi) is 4.50. The summed E-state index contributed by atoms with van der Waals surface area (Å²) in [4.78, 5) is 25.9. The molecule has 1 aromatic carbocycles. The molecule has 0 N–H and O–H groups in total. The van der Waals surface area contributed by atoms with E-state index in [0.717, 1.165) is 17.6 Å². The number of sulfone groups is 1. The van der Waals surface area contributed by atoms with Gasteiger partial charge in [0.25, 0.3) is 0 Å². The highest BCUT2D eigenvalue weighted by molar-refractivity contribution is 7.92. The molecule has 5 nitrogen and oxygen atoms in total. The second kappa shape index (κ2) is 6.52. The molecule has 2 aliphatic rings. The average Bonchev–Trinajstić information content (AvgIpc) is 3.13. The second-order valence-electron chi connectivity index (χ2n) is 8.49. The van der Waals surface area contributed by atoms with Crippen LogP contribution in [0.3, 0.4) is 0 Å². The highest BCUT2D eigenvalue weighted by atomic mass is 32.2. The average molecular weight is 419 g/mol. The molecule has 0 radical (unpaired) electrons. The summed E-state index contributed by atoms with van der Waals surface area (Å²) < 4.78 is 30.2. The molecule has 0 amide bonds. The topological polar surface area (TPSA) is 77.5 Å². The molecule has 28 heavy (non-hydrogen) atoms. The van der Waals surface area contributed by atoms with Gasteiger partial charge in [-0.25, -0.2) is 13.2 Å². The number of hydrogen-bond donors (Lipinski definition) is 0. The Hall–Kier alpha value is -1.99. The van der Waals surface area contributed by atoms with Gasteiger partial charge in [0.1, 0.15) is 15.2 Å². The van der Waals surface area contributed by atoms with E-state index < -0.39 is 15.8 Å². The number of ether oxygens (including phenoxy) is 1. The molecule has 1 aromatic heterocycles. The Labute approximate surface area is 168 Å². The van der Waals surface area contributed by atoms with Crippen LogP contribution in [-0.4, -0.2) is 32.5 Å². The quantitative estimate of drug-likeness (QED) is 0.712. The zero-order valence-corrected chi connectivity index (χ0v) is 17.7. The van der Waals surface area contributed by atoms with Crippen LogP contribution >= 0.6 is 11.3 Å². The van der Waals surface area contributed by atoms with Crippen LogP contribution < -0.4 is 0 Å². The van der Waals surface area contributed by atoms with E-state index in [1.165, 1.54) is 11.1 Å². The molecule has 0 atom stereocenters. The zero-order valence-electron chi connectivity index (χ0n) is 16.1. The lowest BCUT2D eigenvalue weighted by Crippen LogP contribution is -2.28. The number of carbonyl (C=O) groups excluding carboxylic acids is 2. The van der Waals surface area contributed by atoms with Gasteiger partial charge in [0, 0.05) is 25.5 Å². The van der Waals surface area contributed by atoms with E-state index in [9.17, 15) is 18.0 Å². The van der Waals surface area contributed by atoms with Gasteiger partial charge in [-0.1, -0.05) is 38.1 Å². The van der Waals surface area contributed by atoms with Crippen LogP contribution in [0.4, 0.5) is 0 Å². The van der Waals surface area contributed by atoms with Gasteiger partial charge in [-0.2, -0.15) is 0 Å². The first-order valence-corrected chi connectivity index (χ1v) is 11.9. The van der Waals surface area contributed by atoms with Crippen molar-refractivity contribution in [1.82, 2.24) is 0 Å². The standard InChI is InChI=1S/C21H22O5S2/c1-21(2)10-15-17(16(22)11-21)20(28(3,24)25)27-18(15)19(23)26-14-8-12-6-4-5-7-13(12)9-14/h4-7,14H,8-11H2,1-3H3. The van der Waals surface area contributed by atoms with Gasteiger partial charge in [-0.3, -0.25) is 4.79 Å². The van der Waals surface area contributed by atoms with Gasteiger partial charge in [0.05, 0.1) is 5.56 Å². The van der Waals surface area contributed by atoms with Crippen molar-refractivity contribution in [1.29, 1.82) is 0 Å². The molecule has 2 aromatic rings. The predicted molar refractivity (Wildman–Crippen MR) is 107 cm³/mol. The van der Waals surface area contributed by atoms with Crippen LogP contribution in [0, 0.1) is 5.41 Å². The minimum absolute atomic E-state index is 0.00958. The number of thiophene rings is 1. The number of rotatable bonds is 3. The first-order chi connectivity index (χ1) is 13.0. The van der Waals surface area contributed by atoms with Crippen molar-refractivity contribution in [2.24, 2.45) is 5.41 Å². The fraction of sp³-hybridized carbons (Fsp3) is 0.429. The third-order valence-corrected chi connectivity index (χ3v) is 8.40. The maximum atomic E-state index is 13.0. The van der Waals surface area contributed by atoms with Gasteiger partial charge in [0.15, 0.2) is 15.6 Å². The molecule has 0 bridgehead atoms. The van der Waals surface area contributed by atoms with Crippen LogP contribution in [0.25, 0.3) is 0 Å². The molecule has 0 saturated heterocycles. The Bertz CT molecular complexity index is 1070. The van der Waals surface area contributed by atoms with Crippen LogP contribution in [0.2, 0.25) is 0 Å². The van der Waals surface area contributed by atoms with E-state index in [1.54, 1.807) is 0 Å². The molecule has 2 aliphatic carbocycles. The van der Waals surface area contributed by atoms with Gasteiger partial charge >= 0.3 is 5.97 Å². The predicted octanol–water partition coefficient (Wildman–Crippen LogP) is 3.63. The van der Waals surface area contributed by atoms with Crippen molar-refractivity contribution in [3.63, 3.8) is 0 Å². The smallest absolute Gasteiger partial charge is 0.348 e. The molecule has 0 saturated carbocycles. The lowest BCUT2D eigenvalue weighted by atomic mass is 9.74. The normalized spacial score (nSPS) is 18.6. The third kappa shape index (κ3) is 3.42. The fourth-order valence-corrected chi connectivity index (χ4v) is 6.61. The van der Waals surface area contributed by atoms with E-state index in [0.29, 0.717) is 24.8 Å². The maximum absolute atomic E-state index is 13.0. The number of ketones is 1. The molecule has 0 aliphatic heterocycles. The maximum Gasteiger partial charge on any atom is 0.348 e. The first kappa shape index (κ1) is 19.3. The minimum atomic E-state index is -3.61. The number of hydrogen-bond acceptors (Lipinski definition) is 6. The summed E-state index contributed by atoms with van der Waals surface area (Å²) in [5.74, 6) is -0.741. The van der Waals surface area contributed by atoms with Crippen molar-refractivity contribution in [3.8, 4) is 0 Å². The molecule has 0 spiro atoms. The number of Topliss-reactive ketones (excluding diaryl/α,β-unsaturated/α-hetero) is 1. The Balaban J connectivity index is 1.68. The van der Waals surface area contributed by atoms with Crippen LogP contribution in [0.1, 0.15) is 57.0 Å². The Morgan fingerprint density at radius 3 is 2.32 bits per heavy atom. The largest absolute Gasteiger partial charge is 0.457 e. The van der Waals surface area contributed by atoms with Gasteiger partial charge in [-0.15, -0.1) is 11.3 Å². The van der Waals surface area contributed by atoms with Crippen molar-refractivity contribution in [2.45, 2.75) is 49.8 Å². The van der Waals surface area contributed by atoms with Gasteiger partial charge in [-0.05, 0) is 28.5 Å². The molecular formula is C21H22O5S2. The number of carbonyl (C=O) groups is 2. The molecule has 7 heteroatoms. The summed E-state index contributed by atoms with van der Waals surface area (Å²) in [5, 5.41) is 0. The van der Waals surface area contributed by atoms with Crippen LogP contribution in [0.5, 0.6) is 0 Å². The number of fused-ring (bicyclic) bond motifs is 2. The van der Waals surface area contributed by atoms with E-state index in [-0.39, 0.29) is 38.4 Å². The van der Waals surface area contributed by atoms with Crippen molar-refractivity contribution < 1.29 is 22.7 Å². The van der Waals surface area contributed by atoms with Crippen LogP contribution in [-0.2, 0) is 33.8 Å². The molecule has 1 heterocycles.